The average Bonchev–Trinajstić information content (AvgIpc) is 1.59. The second-order valence-electron chi connectivity index (χ2n) is 3.35. The zero-order chi connectivity index (χ0) is 8.20. The molecule has 0 aromatic heterocycles. The normalized spacial score (nSPS) is 10.2. The van der Waals surface area contributed by atoms with Crippen molar-refractivity contribution in [1.82, 2.24) is 0 Å². The Morgan fingerprint density at radius 1 is 1.36 bits per heavy atom. The number of hydrogen-bond donors (Lipinski definition) is 0. The number of carbonyl (C=O) groups excluding carboxylic acids is 1. The van der Waals surface area contributed by atoms with Crippen LogP contribution in [0.15, 0.2) is 0 Å². The predicted octanol–water partition coefficient (Wildman–Crippen LogP) is 0.0789. The largest absolute Gasteiger partial charge is 0.870 e. The first-order valence-electron chi connectivity index (χ1n) is 3.35. The lowest BCUT2D eigenvalue weighted by Crippen LogP contribution is -2.37. The van der Waals surface area contributed by atoms with Gasteiger partial charge in [-0.2, -0.15) is 0 Å². The quantitative estimate of drug-likeness (QED) is 0.437. The average molecular weight is 163 g/mol. The van der Waals surface area contributed by atoms with Crippen LogP contribution in [-0.2, 0) is 9.53 Å². The SMILES string of the molecule is CC(=O)OCC[N+](C)(C)C.[OH-]. The molecule has 0 bridgehead atoms. The van der Waals surface area contributed by atoms with Crippen molar-refractivity contribution in [1.29, 1.82) is 0 Å². The summed E-state index contributed by atoms with van der Waals surface area (Å²) in [6.07, 6.45) is 0. The van der Waals surface area contributed by atoms with Crippen molar-refractivity contribution in [2.75, 3.05) is 34.3 Å². The zero-order valence-electron chi connectivity index (χ0n) is 7.63. The molecule has 0 radical (unpaired) electrons. The summed E-state index contributed by atoms with van der Waals surface area (Å²) in [5, 5.41) is 0. The molecule has 0 aliphatic carbocycles. The number of ether oxygens (including phenoxy) is 1. The van der Waals surface area contributed by atoms with E-state index in [2.05, 4.69) is 21.1 Å². The van der Waals surface area contributed by atoms with Gasteiger partial charge in [0.15, 0.2) is 0 Å². The maximum Gasteiger partial charge on any atom is 0.302 e. The van der Waals surface area contributed by atoms with Gasteiger partial charge in [0.2, 0.25) is 0 Å². The van der Waals surface area contributed by atoms with Crippen molar-refractivity contribution in [3.8, 4) is 0 Å². The Balaban J connectivity index is 0. The summed E-state index contributed by atoms with van der Waals surface area (Å²) in [5.74, 6) is -0.201. The van der Waals surface area contributed by atoms with Crippen LogP contribution in [0.4, 0.5) is 0 Å². The topological polar surface area (TPSA) is 56.3 Å². The fourth-order valence-electron chi connectivity index (χ4n) is 0.463. The van der Waals surface area contributed by atoms with Crippen molar-refractivity contribution in [3.63, 3.8) is 0 Å². The van der Waals surface area contributed by atoms with Crippen LogP contribution in [0, 0.1) is 0 Å². The van der Waals surface area contributed by atoms with Crippen molar-refractivity contribution in [3.05, 3.63) is 0 Å². The van der Waals surface area contributed by atoms with E-state index in [9.17, 15) is 4.79 Å². The second-order valence-corrected chi connectivity index (χ2v) is 3.35. The summed E-state index contributed by atoms with van der Waals surface area (Å²) in [5.41, 5.74) is 0. The summed E-state index contributed by atoms with van der Waals surface area (Å²) < 4.78 is 5.59. The molecule has 0 rings (SSSR count). The molecule has 0 aliphatic heterocycles. The first-order valence-corrected chi connectivity index (χ1v) is 3.35. The third-order valence-corrected chi connectivity index (χ3v) is 1.07. The number of likely N-dealkylation sites (N-methyl/N-ethyl adjacent to an activating group) is 1. The number of quaternary nitrogens is 1. The number of esters is 1. The van der Waals surface area contributed by atoms with Gasteiger partial charge in [-0.25, -0.2) is 0 Å². The Kier molecular flexibility index (Phi) is 6.03. The smallest absolute Gasteiger partial charge is 0.302 e. The molecule has 0 amide bonds. The van der Waals surface area contributed by atoms with Gasteiger partial charge in [-0.1, -0.05) is 0 Å². The lowest BCUT2D eigenvalue weighted by molar-refractivity contribution is -0.870. The van der Waals surface area contributed by atoms with Gasteiger partial charge in [0.05, 0.1) is 21.1 Å². The van der Waals surface area contributed by atoms with Gasteiger partial charge in [0.1, 0.15) is 13.2 Å². The Labute approximate surface area is 67.7 Å². The van der Waals surface area contributed by atoms with Crippen LogP contribution in [0.1, 0.15) is 6.92 Å². The molecular weight excluding hydrogens is 146 g/mol. The third-order valence-electron chi connectivity index (χ3n) is 1.07. The van der Waals surface area contributed by atoms with Crippen LogP contribution < -0.4 is 0 Å². The van der Waals surface area contributed by atoms with E-state index in [-0.39, 0.29) is 11.4 Å². The minimum atomic E-state index is -0.201. The maximum atomic E-state index is 10.3. The zero-order valence-corrected chi connectivity index (χ0v) is 7.63. The van der Waals surface area contributed by atoms with Crippen LogP contribution in [0.3, 0.4) is 0 Å². The van der Waals surface area contributed by atoms with E-state index in [1.165, 1.54) is 6.92 Å². The van der Waals surface area contributed by atoms with Gasteiger partial charge in [-0.15, -0.1) is 0 Å². The molecule has 0 saturated carbocycles. The van der Waals surface area contributed by atoms with E-state index >= 15 is 0 Å². The lowest BCUT2D eigenvalue weighted by Gasteiger charge is -2.23. The number of hydrogen-bond acceptors (Lipinski definition) is 3. The molecule has 68 valence electrons. The molecule has 0 unspecified atom stereocenters. The highest BCUT2D eigenvalue weighted by Gasteiger charge is 2.06. The molecule has 0 aliphatic rings. The molecule has 4 heteroatoms. The molecule has 4 nitrogen and oxygen atoms in total. The minimum absolute atomic E-state index is 0. The molecule has 0 saturated heterocycles. The van der Waals surface area contributed by atoms with E-state index in [4.69, 9.17) is 4.74 Å². The Bertz CT molecular complexity index is 117. The van der Waals surface area contributed by atoms with E-state index in [1.807, 2.05) is 0 Å². The summed E-state index contributed by atoms with van der Waals surface area (Å²) in [6, 6.07) is 0. The van der Waals surface area contributed by atoms with Crippen LogP contribution in [-0.4, -0.2) is 50.2 Å². The number of nitrogens with zero attached hydrogens (tertiary/aromatic N) is 1. The molecular formula is C7H17NO3. The van der Waals surface area contributed by atoms with E-state index in [1.54, 1.807) is 0 Å². The molecule has 0 aromatic rings. The van der Waals surface area contributed by atoms with E-state index in [0.717, 1.165) is 11.0 Å². The van der Waals surface area contributed by atoms with Gasteiger partial charge < -0.3 is 14.7 Å². The lowest BCUT2D eigenvalue weighted by atomic mass is 10.5. The van der Waals surface area contributed by atoms with Gasteiger partial charge in [-0.05, 0) is 0 Å². The minimum Gasteiger partial charge on any atom is -0.870 e. The van der Waals surface area contributed by atoms with E-state index in [0.29, 0.717) is 6.61 Å². The summed E-state index contributed by atoms with van der Waals surface area (Å²) in [6.45, 7) is 2.80. The standard InChI is InChI=1S/C7H16NO2.H2O/c1-7(9)10-6-5-8(2,3)4;/h5-6H2,1-4H3;1H2/q+1;/p-1. The first-order chi connectivity index (χ1) is 4.42. The molecule has 0 heterocycles. The Hall–Kier alpha value is -0.610. The first kappa shape index (κ1) is 13.0. The predicted molar refractivity (Wildman–Crippen MR) is 41.5 cm³/mol. The van der Waals surface area contributed by atoms with Crippen LogP contribution in [0.2, 0.25) is 0 Å². The highest BCUT2D eigenvalue weighted by molar-refractivity contribution is 5.65. The number of carbonyl (C=O) groups is 1. The molecule has 0 aromatic carbocycles. The highest BCUT2D eigenvalue weighted by atomic mass is 16.5. The molecule has 0 fully saturated rings. The molecule has 11 heavy (non-hydrogen) atoms. The Morgan fingerprint density at radius 3 is 2.09 bits per heavy atom. The van der Waals surface area contributed by atoms with Crippen LogP contribution in [0.25, 0.3) is 0 Å². The second kappa shape index (κ2) is 5.09. The number of rotatable bonds is 3. The van der Waals surface area contributed by atoms with Crippen molar-refractivity contribution < 1.29 is 19.5 Å². The third kappa shape index (κ3) is 12.6. The van der Waals surface area contributed by atoms with Crippen molar-refractivity contribution >= 4 is 5.97 Å². The molecule has 1 N–H and O–H groups in total. The van der Waals surface area contributed by atoms with E-state index < -0.39 is 0 Å². The van der Waals surface area contributed by atoms with Gasteiger partial charge in [0, 0.05) is 6.92 Å². The summed E-state index contributed by atoms with van der Waals surface area (Å²) in [4.78, 5) is 10.3. The highest BCUT2D eigenvalue weighted by Crippen LogP contribution is 1.88. The Morgan fingerprint density at radius 2 is 1.82 bits per heavy atom. The molecule has 0 atom stereocenters. The summed E-state index contributed by atoms with van der Waals surface area (Å²) >= 11 is 0. The van der Waals surface area contributed by atoms with Gasteiger partial charge in [0.25, 0.3) is 0 Å². The fourth-order valence-corrected chi connectivity index (χ4v) is 0.463. The summed E-state index contributed by atoms with van der Waals surface area (Å²) in [7, 11) is 6.18. The monoisotopic (exact) mass is 163 g/mol. The molecule has 0 spiro atoms. The van der Waals surface area contributed by atoms with Crippen molar-refractivity contribution in [2.45, 2.75) is 6.92 Å². The maximum absolute atomic E-state index is 10.3. The fraction of sp³-hybridized carbons (Fsp3) is 0.857. The van der Waals surface area contributed by atoms with Gasteiger partial charge >= 0.3 is 5.97 Å². The van der Waals surface area contributed by atoms with Gasteiger partial charge in [-0.3, -0.25) is 4.79 Å². The van der Waals surface area contributed by atoms with Crippen LogP contribution >= 0.6 is 0 Å². The van der Waals surface area contributed by atoms with Crippen LogP contribution in [0.5, 0.6) is 0 Å². The van der Waals surface area contributed by atoms with Crippen molar-refractivity contribution in [2.24, 2.45) is 0 Å².